The van der Waals surface area contributed by atoms with Crippen LogP contribution in [0.5, 0.6) is 5.75 Å². The first-order valence-corrected chi connectivity index (χ1v) is 11.2. The van der Waals surface area contributed by atoms with Crippen molar-refractivity contribution >= 4 is 31.4 Å². The van der Waals surface area contributed by atoms with E-state index in [-0.39, 0.29) is 15.5 Å². The molecule has 0 aliphatic rings. The number of ether oxygens (including phenoxy) is 1. The van der Waals surface area contributed by atoms with Crippen LogP contribution in [-0.4, -0.2) is 23.9 Å². The molecular formula is C19H17FN2O5S2. The minimum Gasteiger partial charge on any atom is -0.497 e. The lowest BCUT2D eigenvalue weighted by molar-refractivity contribution is 0.415. The Balaban J connectivity index is 1.77. The molecule has 7 nitrogen and oxygen atoms in total. The summed E-state index contributed by atoms with van der Waals surface area (Å²) in [5, 5.41) is 0. The summed E-state index contributed by atoms with van der Waals surface area (Å²) in [5.74, 6) is -0.0576. The summed E-state index contributed by atoms with van der Waals surface area (Å²) < 4.78 is 72.5. The van der Waals surface area contributed by atoms with E-state index in [2.05, 4.69) is 9.44 Å². The average Bonchev–Trinajstić information content (AvgIpc) is 2.68. The zero-order valence-electron chi connectivity index (χ0n) is 15.2. The van der Waals surface area contributed by atoms with Crippen molar-refractivity contribution in [3.8, 4) is 5.75 Å². The third kappa shape index (κ3) is 5.04. The Kier molecular flexibility index (Phi) is 5.76. The lowest BCUT2D eigenvalue weighted by Gasteiger charge is -2.11. The second-order valence-corrected chi connectivity index (χ2v) is 9.29. The van der Waals surface area contributed by atoms with Gasteiger partial charge >= 0.3 is 0 Å². The van der Waals surface area contributed by atoms with E-state index in [4.69, 9.17) is 4.74 Å². The number of hydrogen-bond acceptors (Lipinski definition) is 5. The molecule has 0 fully saturated rings. The molecule has 0 saturated carbocycles. The van der Waals surface area contributed by atoms with Crippen molar-refractivity contribution in [2.24, 2.45) is 0 Å². The normalized spacial score (nSPS) is 11.7. The molecule has 0 saturated heterocycles. The van der Waals surface area contributed by atoms with Gasteiger partial charge < -0.3 is 4.74 Å². The quantitative estimate of drug-likeness (QED) is 0.591. The predicted molar refractivity (Wildman–Crippen MR) is 107 cm³/mol. The summed E-state index contributed by atoms with van der Waals surface area (Å²) in [6.45, 7) is 0. The summed E-state index contributed by atoms with van der Waals surface area (Å²) in [4.78, 5) is -0.166. The van der Waals surface area contributed by atoms with Crippen LogP contribution in [0, 0.1) is 5.82 Å². The Hall–Kier alpha value is -3.11. The lowest BCUT2D eigenvalue weighted by Crippen LogP contribution is -2.14. The third-order valence-electron chi connectivity index (χ3n) is 3.86. The van der Waals surface area contributed by atoms with Crippen LogP contribution in [0.4, 0.5) is 15.8 Å². The predicted octanol–water partition coefficient (Wildman–Crippen LogP) is 3.44. The number of sulfonamides is 2. The van der Waals surface area contributed by atoms with Gasteiger partial charge in [0.2, 0.25) is 0 Å². The molecule has 2 N–H and O–H groups in total. The first-order valence-electron chi connectivity index (χ1n) is 8.25. The van der Waals surface area contributed by atoms with Gasteiger partial charge in [-0.2, -0.15) is 0 Å². The van der Waals surface area contributed by atoms with E-state index in [0.717, 1.165) is 24.3 Å². The van der Waals surface area contributed by atoms with Crippen LogP contribution in [0.25, 0.3) is 0 Å². The molecule has 0 aliphatic heterocycles. The topological polar surface area (TPSA) is 102 Å². The van der Waals surface area contributed by atoms with Crippen LogP contribution in [0.2, 0.25) is 0 Å². The van der Waals surface area contributed by atoms with Crippen LogP contribution in [-0.2, 0) is 20.0 Å². The van der Waals surface area contributed by atoms with Gasteiger partial charge in [-0.15, -0.1) is 0 Å². The molecule has 3 aromatic rings. The fourth-order valence-electron chi connectivity index (χ4n) is 2.43. The smallest absolute Gasteiger partial charge is 0.261 e. The van der Waals surface area contributed by atoms with Gasteiger partial charge in [0.05, 0.1) is 22.6 Å². The molecule has 0 aliphatic carbocycles. The van der Waals surface area contributed by atoms with E-state index in [9.17, 15) is 21.2 Å². The van der Waals surface area contributed by atoms with Crippen LogP contribution in [0.3, 0.4) is 0 Å². The van der Waals surface area contributed by atoms with Gasteiger partial charge in [0, 0.05) is 11.8 Å². The maximum atomic E-state index is 13.0. The fourth-order valence-corrected chi connectivity index (χ4v) is 4.54. The van der Waals surface area contributed by atoms with Crippen molar-refractivity contribution in [2.45, 2.75) is 9.79 Å². The molecule has 3 aromatic carbocycles. The van der Waals surface area contributed by atoms with E-state index in [0.29, 0.717) is 11.4 Å². The number of hydrogen-bond donors (Lipinski definition) is 2. The van der Waals surface area contributed by atoms with Gasteiger partial charge in [-0.3, -0.25) is 9.44 Å². The molecular weight excluding hydrogens is 419 g/mol. The molecule has 0 unspecified atom stereocenters. The molecule has 0 bridgehead atoms. The monoisotopic (exact) mass is 436 g/mol. The van der Waals surface area contributed by atoms with Crippen LogP contribution >= 0.6 is 0 Å². The largest absolute Gasteiger partial charge is 0.497 e. The zero-order chi connectivity index (χ0) is 21.1. The van der Waals surface area contributed by atoms with E-state index >= 15 is 0 Å². The molecule has 29 heavy (non-hydrogen) atoms. The fraction of sp³-hybridized carbons (Fsp3) is 0.0526. The summed E-state index contributed by atoms with van der Waals surface area (Å²) in [6.07, 6.45) is 0. The zero-order valence-corrected chi connectivity index (χ0v) is 16.8. The average molecular weight is 436 g/mol. The van der Waals surface area contributed by atoms with Gasteiger partial charge in [-0.05, 0) is 60.7 Å². The second-order valence-electron chi connectivity index (χ2n) is 5.92. The maximum absolute atomic E-state index is 13.0. The molecule has 0 amide bonds. The first kappa shape index (κ1) is 20.6. The molecule has 3 rings (SSSR count). The van der Waals surface area contributed by atoms with E-state index in [1.807, 2.05) is 0 Å². The van der Waals surface area contributed by atoms with Gasteiger partial charge in [0.15, 0.2) is 0 Å². The van der Waals surface area contributed by atoms with E-state index < -0.39 is 25.9 Å². The summed E-state index contributed by atoms with van der Waals surface area (Å²) in [6, 6.07) is 15.9. The Morgan fingerprint density at radius 2 is 1.24 bits per heavy atom. The number of nitrogens with one attached hydrogen (secondary N) is 2. The maximum Gasteiger partial charge on any atom is 0.261 e. The molecule has 0 aromatic heterocycles. The molecule has 152 valence electrons. The highest BCUT2D eigenvalue weighted by Gasteiger charge is 2.17. The first-order chi connectivity index (χ1) is 13.7. The third-order valence-corrected chi connectivity index (χ3v) is 6.66. The number of benzene rings is 3. The van der Waals surface area contributed by atoms with Crippen molar-refractivity contribution in [1.82, 2.24) is 0 Å². The van der Waals surface area contributed by atoms with Crippen molar-refractivity contribution in [1.29, 1.82) is 0 Å². The van der Waals surface area contributed by atoms with Gasteiger partial charge in [0.25, 0.3) is 20.0 Å². The number of methoxy groups -OCH3 is 1. The highest BCUT2D eigenvalue weighted by molar-refractivity contribution is 7.93. The van der Waals surface area contributed by atoms with E-state index in [1.54, 1.807) is 18.2 Å². The Morgan fingerprint density at radius 3 is 1.79 bits per heavy atom. The molecule has 0 heterocycles. The van der Waals surface area contributed by atoms with Gasteiger partial charge in [0.1, 0.15) is 11.6 Å². The van der Waals surface area contributed by atoms with Gasteiger partial charge in [-0.25, -0.2) is 21.2 Å². The highest BCUT2D eigenvalue weighted by atomic mass is 32.2. The summed E-state index contributed by atoms with van der Waals surface area (Å²) in [7, 11) is -6.34. The standard InChI is InChI=1S/C19H17FN2O5S2/c1-27-17-4-2-3-16(13-17)22-29(25,26)19-11-7-15(8-12-19)21-28(23,24)18-9-5-14(20)6-10-18/h2-13,21-22H,1H3. The van der Waals surface area contributed by atoms with Crippen molar-refractivity contribution in [2.75, 3.05) is 16.6 Å². The van der Waals surface area contributed by atoms with Crippen molar-refractivity contribution < 1.29 is 26.0 Å². The lowest BCUT2D eigenvalue weighted by atomic mass is 10.3. The Labute approximate surface area is 168 Å². The Bertz CT molecular complexity index is 1210. The minimum atomic E-state index is -3.93. The molecule has 10 heteroatoms. The SMILES string of the molecule is COc1cccc(NS(=O)(=O)c2ccc(NS(=O)(=O)c3ccc(F)cc3)cc2)c1. The van der Waals surface area contributed by atoms with Crippen molar-refractivity contribution in [3.63, 3.8) is 0 Å². The number of anilines is 2. The highest BCUT2D eigenvalue weighted by Crippen LogP contribution is 2.22. The second kappa shape index (κ2) is 8.10. The van der Waals surface area contributed by atoms with Crippen LogP contribution < -0.4 is 14.2 Å². The molecule has 0 atom stereocenters. The van der Waals surface area contributed by atoms with E-state index in [1.165, 1.54) is 37.4 Å². The van der Waals surface area contributed by atoms with Crippen LogP contribution in [0.1, 0.15) is 0 Å². The minimum absolute atomic E-state index is 0.0509. The summed E-state index contributed by atoms with van der Waals surface area (Å²) >= 11 is 0. The van der Waals surface area contributed by atoms with Crippen molar-refractivity contribution in [3.05, 3.63) is 78.6 Å². The van der Waals surface area contributed by atoms with Gasteiger partial charge in [-0.1, -0.05) is 6.07 Å². The number of halogens is 1. The summed E-state index contributed by atoms with van der Waals surface area (Å²) in [5.41, 5.74) is 0.486. The number of rotatable bonds is 7. The molecule has 0 radical (unpaired) electrons. The Morgan fingerprint density at radius 1 is 0.724 bits per heavy atom. The molecule has 0 spiro atoms. The van der Waals surface area contributed by atoms with Crippen LogP contribution in [0.15, 0.2) is 82.6 Å².